The lowest BCUT2D eigenvalue weighted by atomic mass is 9.92. The van der Waals surface area contributed by atoms with Gasteiger partial charge in [0.15, 0.2) is 17.5 Å². The number of aryl methyl sites for hydroxylation is 1. The Bertz CT molecular complexity index is 3790. The van der Waals surface area contributed by atoms with Crippen LogP contribution in [0.4, 0.5) is 0 Å². The van der Waals surface area contributed by atoms with Crippen molar-refractivity contribution in [2.24, 2.45) is 0 Å². The zero-order chi connectivity index (χ0) is 40.7. The van der Waals surface area contributed by atoms with Crippen LogP contribution in [0.15, 0.2) is 192 Å². The van der Waals surface area contributed by atoms with E-state index in [1.54, 1.807) is 0 Å². The van der Waals surface area contributed by atoms with E-state index in [0.29, 0.717) is 17.5 Å². The monoisotopic (exact) mass is 792 g/mol. The number of furan rings is 1. The minimum Gasteiger partial charge on any atom is -0.455 e. The second-order valence-electron chi connectivity index (χ2n) is 16.2. The molecular formula is C57H36N4O. The molecule has 12 aromatic rings. The van der Waals surface area contributed by atoms with E-state index in [2.05, 4.69) is 162 Å². The standard InChI is InChI=1S/C57H36N4O/c1-3-13-35(14-4-1)36-23-25-40(26-24-36)56-58-55(39-17-5-2-6-18-39)59-57(60-56)45-29-32-49(53-46-33-41-19-7-8-20-42(41)34-50(46)62-54(45)53)61-47-30-27-37-15-9-11-21-43(37)51(47)52-44-22-12-10-16-38(44)28-31-48(52)61/h1-9,11-15,17-34H,10,16H2. The predicted molar refractivity (Wildman–Crippen MR) is 256 cm³/mol. The van der Waals surface area contributed by atoms with Gasteiger partial charge < -0.3 is 8.98 Å². The normalized spacial score (nSPS) is 12.6. The van der Waals surface area contributed by atoms with E-state index in [9.17, 15) is 0 Å². The van der Waals surface area contributed by atoms with Crippen molar-refractivity contribution in [1.29, 1.82) is 0 Å². The molecule has 0 radical (unpaired) electrons. The fourth-order valence-electron chi connectivity index (χ4n) is 9.74. The van der Waals surface area contributed by atoms with Crippen LogP contribution in [0.3, 0.4) is 0 Å². The molecule has 62 heavy (non-hydrogen) atoms. The molecule has 5 nitrogen and oxygen atoms in total. The average molecular weight is 793 g/mol. The van der Waals surface area contributed by atoms with Gasteiger partial charge in [0.25, 0.3) is 0 Å². The number of hydrogen-bond donors (Lipinski definition) is 0. The zero-order valence-corrected chi connectivity index (χ0v) is 33.6. The number of allylic oxidation sites excluding steroid dienone is 1. The fraction of sp³-hybridized carbons (Fsp3) is 0.0351. The van der Waals surface area contributed by atoms with Gasteiger partial charge in [0.2, 0.25) is 0 Å². The Labute approximate surface area is 356 Å². The summed E-state index contributed by atoms with van der Waals surface area (Å²) in [6.45, 7) is 0. The summed E-state index contributed by atoms with van der Waals surface area (Å²) in [4.78, 5) is 15.6. The Hall–Kier alpha value is -8.15. The SMILES string of the molecule is C1=Cc2c(ccc3c2c2c4ccccc4ccc2n3-c2ccc(-c3nc(-c4ccccc4)nc(-c4ccc(-c5ccccc5)cc4)n3)c3oc4cc5ccccc5cc4c23)CC1. The van der Waals surface area contributed by atoms with Gasteiger partial charge in [0.05, 0.1) is 27.7 Å². The van der Waals surface area contributed by atoms with Crippen LogP contribution >= 0.6 is 0 Å². The molecule has 3 aromatic heterocycles. The van der Waals surface area contributed by atoms with Gasteiger partial charge in [0.1, 0.15) is 11.2 Å². The maximum Gasteiger partial charge on any atom is 0.167 e. The highest BCUT2D eigenvalue weighted by molar-refractivity contribution is 6.25. The Morgan fingerprint density at radius 3 is 1.85 bits per heavy atom. The summed E-state index contributed by atoms with van der Waals surface area (Å²) in [7, 11) is 0. The summed E-state index contributed by atoms with van der Waals surface area (Å²) in [5.41, 5.74) is 12.5. The predicted octanol–water partition coefficient (Wildman–Crippen LogP) is 14.8. The molecule has 5 heteroatoms. The number of aromatic nitrogens is 4. The lowest BCUT2D eigenvalue weighted by molar-refractivity contribution is 0.670. The van der Waals surface area contributed by atoms with E-state index in [1.165, 1.54) is 38.2 Å². The van der Waals surface area contributed by atoms with Crippen molar-refractivity contribution < 1.29 is 4.42 Å². The molecule has 290 valence electrons. The van der Waals surface area contributed by atoms with Gasteiger partial charge in [0, 0.05) is 27.3 Å². The smallest absolute Gasteiger partial charge is 0.167 e. The molecule has 0 N–H and O–H groups in total. The van der Waals surface area contributed by atoms with Gasteiger partial charge in [-0.1, -0.05) is 158 Å². The van der Waals surface area contributed by atoms with Gasteiger partial charge in [-0.15, -0.1) is 0 Å². The molecular weight excluding hydrogens is 757 g/mol. The quantitative estimate of drug-likeness (QED) is 0.174. The van der Waals surface area contributed by atoms with Gasteiger partial charge in [-0.05, 0) is 93.0 Å². The van der Waals surface area contributed by atoms with Gasteiger partial charge in [-0.2, -0.15) is 0 Å². The molecule has 1 aliphatic carbocycles. The minimum absolute atomic E-state index is 0.550. The Kier molecular flexibility index (Phi) is 7.66. The highest BCUT2D eigenvalue weighted by Gasteiger charge is 2.25. The molecule has 0 bridgehead atoms. The van der Waals surface area contributed by atoms with Gasteiger partial charge in [-0.3, -0.25) is 0 Å². The topological polar surface area (TPSA) is 56.7 Å². The van der Waals surface area contributed by atoms with E-state index in [4.69, 9.17) is 19.4 Å². The molecule has 0 aliphatic heterocycles. The number of rotatable bonds is 5. The average Bonchev–Trinajstić information content (AvgIpc) is 3.90. The summed E-state index contributed by atoms with van der Waals surface area (Å²) >= 11 is 0. The first-order valence-electron chi connectivity index (χ1n) is 21.2. The first-order valence-corrected chi connectivity index (χ1v) is 21.2. The van der Waals surface area contributed by atoms with Crippen LogP contribution in [0, 0.1) is 0 Å². The third-order valence-corrected chi connectivity index (χ3v) is 12.7. The first kappa shape index (κ1) is 34.7. The summed E-state index contributed by atoms with van der Waals surface area (Å²) in [5, 5.41) is 9.36. The number of nitrogens with zero attached hydrogens (tertiary/aromatic N) is 4. The molecule has 9 aromatic carbocycles. The van der Waals surface area contributed by atoms with E-state index in [0.717, 1.165) is 84.6 Å². The molecule has 0 atom stereocenters. The van der Waals surface area contributed by atoms with Crippen LogP contribution in [0.5, 0.6) is 0 Å². The molecule has 0 saturated carbocycles. The highest BCUT2D eigenvalue weighted by Crippen LogP contribution is 2.46. The molecule has 0 fully saturated rings. The Balaban J connectivity index is 1.11. The van der Waals surface area contributed by atoms with Crippen molar-refractivity contribution in [2.45, 2.75) is 12.8 Å². The van der Waals surface area contributed by atoms with E-state index < -0.39 is 0 Å². The molecule has 0 amide bonds. The van der Waals surface area contributed by atoms with E-state index in [1.807, 2.05) is 36.4 Å². The van der Waals surface area contributed by atoms with E-state index in [-0.39, 0.29) is 0 Å². The molecule has 13 rings (SSSR count). The highest BCUT2D eigenvalue weighted by atomic mass is 16.3. The maximum absolute atomic E-state index is 7.10. The van der Waals surface area contributed by atoms with E-state index >= 15 is 0 Å². The van der Waals surface area contributed by atoms with Crippen molar-refractivity contribution in [3.8, 4) is 51.0 Å². The third-order valence-electron chi connectivity index (χ3n) is 12.7. The number of fused-ring (bicyclic) bond motifs is 11. The van der Waals surface area contributed by atoms with Crippen LogP contribution < -0.4 is 0 Å². The lowest BCUT2D eigenvalue weighted by Crippen LogP contribution is -2.01. The lowest BCUT2D eigenvalue weighted by Gasteiger charge is -2.14. The summed E-state index contributed by atoms with van der Waals surface area (Å²) in [6, 6.07) is 64.3. The zero-order valence-electron chi connectivity index (χ0n) is 33.6. The summed E-state index contributed by atoms with van der Waals surface area (Å²) in [6.07, 6.45) is 6.75. The Morgan fingerprint density at radius 1 is 0.452 bits per heavy atom. The van der Waals surface area contributed by atoms with Crippen molar-refractivity contribution in [1.82, 2.24) is 19.5 Å². The number of benzene rings is 9. The molecule has 0 saturated heterocycles. The van der Waals surface area contributed by atoms with Crippen LogP contribution in [0.25, 0.3) is 122 Å². The largest absolute Gasteiger partial charge is 0.455 e. The summed E-state index contributed by atoms with van der Waals surface area (Å²) in [5.74, 6) is 1.75. The minimum atomic E-state index is 0.550. The van der Waals surface area contributed by atoms with Crippen molar-refractivity contribution in [3.05, 3.63) is 199 Å². The van der Waals surface area contributed by atoms with Crippen LogP contribution in [-0.2, 0) is 6.42 Å². The van der Waals surface area contributed by atoms with Crippen LogP contribution in [-0.4, -0.2) is 19.5 Å². The molecule has 1 aliphatic rings. The maximum atomic E-state index is 7.10. The fourth-order valence-corrected chi connectivity index (χ4v) is 9.74. The van der Waals surface area contributed by atoms with Crippen LogP contribution in [0.1, 0.15) is 17.5 Å². The second kappa shape index (κ2) is 13.7. The van der Waals surface area contributed by atoms with Crippen molar-refractivity contribution >= 4 is 71.4 Å². The second-order valence-corrected chi connectivity index (χ2v) is 16.2. The summed E-state index contributed by atoms with van der Waals surface area (Å²) < 4.78 is 9.56. The number of hydrogen-bond acceptors (Lipinski definition) is 4. The molecule has 0 unspecified atom stereocenters. The van der Waals surface area contributed by atoms with Gasteiger partial charge >= 0.3 is 0 Å². The third kappa shape index (κ3) is 5.38. The van der Waals surface area contributed by atoms with Crippen molar-refractivity contribution in [2.75, 3.05) is 0 Å². The first-order chi connectivity index (χ1) is 30.7. The van der Waals surface area contributed by atoms with Crippen LogP contribution in [0.2, 0.25) is 0 Å². The molecule has 3 heterocycles. The molecule has 0 spiro atoms. The Morgan fingerprint density at radius 2 is 1.06 bits per heavy atom. The van der Waals surface area contributed by atoms with Gasteiger partial charge in [-0.25, -0.2) is 15.0 Å². The van der Waals surface area contributed by atoms with Crippen molar-refractivity contribution in [3.63, 3.8) is 0 Å².